The molecule has 0 radical (unpaired) electrons. The van der Waals surface area contributed by atoms with Crippen LogP contribution in [0.1, 0.15) is 23.1 Å². The second kappa shape index (κ2) is 9.08. The second-order valence-corrected chi connectivity index (χ2v) is 6.57. The van der Waals surface area contributed by atoms with Gasteiger partial charge in [0.25, 0.3) is 11.1 Å². The average Bonchev–Trinajstić information content (AvgIpc) is 3.04. The Kier molecular flexibility index (Phi) is 7.12. The Morgan fingerprint density at radius 3 is 2.42 bits per heavy atom. The largest absolute Gasteiger partial charge is 1.00 e. The number of quaternary nitrogens is 1. The molecule has 0 spiro atoms. The summed E-state index contributed by atoms with van der Waals surface area (Å²) in [6, 6.07) is 17.9. The SMILES string of the molecule is [Cl-].[NH3+][C@@H](Cc1ccccc1)c1nnc(SCc2ccc(Cl)cc2)o1. The molecule has 0 aliphatic heterocycles. The smallest absolute Gasteiger partial charge is 0.277 e. The number of thioether (sulfide) groups is 1. The van der Waals surface area contributed by atoms with Crippen LogP contribution in [0, 0.1) is 0 Å². The van der Waals surface area contributed by atoms with Gasteiger partial charge in [-0.3, -0.25) is 0 Å². The predicted molar refractivity (Wildman–Crippen MR) is 91.1 cm³/mol. The summed E-state index contributed by atoms with van der Waals surface area (Å²) < 4.78 is 5.72. The van der Waals surface area contributed by atoms with Crippen molar-refractivity contribution < 1.29 is 22.6 Å². The molecule has 0 saturated heterocycles. The lowest BCUT2D eigenvalue weighted by molar-refractivity contribution is -0.431. The Balaban J connectivity index is 0.00000208. The minimum Gasteiger partial charge on any atom is -1.00 e. The van der Waals surface area contributed by atoms with Crippen LogP contribution in [0.5, 0.6) is 0 Å². The number of rotatable bonds is 6. The van der Waals surface area contributed by atoms with E-state index in [-0.39, 0.29) is 18.4 Å². The van der Waals surface area contributed by atoms with Crippen LogP contribution in [0.15, 0.2) is 64.2 Å². The third-order valence-corrected chi connectivity index (χ3v) is 4.51. The van der Waals surface area contributed by atoms with Gasteiger partial charge in [0.2, 0.25) is 0 Å². The van der Waals surface area contributed by atoms with Gasteiger partial charge in [-0.2, -0.15) is 0 Å². The maximum absolute atomic E-state index is 5.88. The summed E-state index contributed by atoms with van der Waals surface area (Å²) in [7, 11) is 0. The molecule has 0 aliphatic rings. The first-order valence-corrected chi connectivity index (χ1v) is 8.65. The maximum atomic E-state index is 5.88. The van der Waals surface area contributed by atoms with Crippen LogP contribution in [0.25, 0.3) is 0 Å². The minimum absolute atomic E-state index is 0. The van der Waals surface area contributed by atoms with Crippen LogP contribution in [-0.4, -0.2) is 10.2 Å². The lowest BCUT2D eigenvalue weighted by atomic mass is 10.1. The molecule has 7 heteroatoms. The van der Waals surface area contributed by atoms with Gasteiger partial charge in [-0.25, -0.2) is 0 Å². The van der Waals surface area contributed by atoms with E-state index in [4.69, 9.17) is 16.0 Å². The molecule has 2 aromatic carbocycles. The fourth-order valence-corrected chi connectivity index (χ4v) is 3.01. The van der Waals surface area contributed by atoms with Gasteiger partial charge in [0.1, 0.15) is 0 Å². The van der Waals surface area contributed by atoms with Crippen molar-refractivity contribution in [2.24, 2.45) is 0 Å². The average molecular weight is 382 g/mol. The molecule has 0 amide bonds. The summed E-state index contributed by atoms with van der Waals surface area (Å²) in [6.07, 6.45) is 0.782. The fraction of sp³-hybridized carbons (Fsp3) is 0.176. The number of halogens is 2. The van der Waals surface area contributed by atoms with E-state index in [2.05, 4.69) is 28.1 Å². The summed E-state index contributed by atoms with van der Waals surface area (Å²) in [6.45, 7) is 0. The van der Waals surface area contributed by atoms with E-state index in [9.17, 15) is 0 Å². The van der Waals surface area contributed by atoms with Crippen molar-refractivity contribution in [3.8, 4) is 0 Å². The molecule has 0 saturated carbocycles. The number of aromatic nitrogens is 2. The number of nitrogens with zero attached hydrogens (tertiary/aromatic N) is 2. The highest BCUT2D eigenvalue weighted by Gasteiger charge is 2.18. The molecule has 0 unspecified atom stereocenters. The summed E-state index contributed by atoms with van der Waals surface area (Å²) in [4.78, 5) is 0. The van der Waals surface area contributed by atoms with Gasteiger partial charge in [-0.1, -0.05) is 65.8 Å². The number of hydrogen-bond acceptors (Lipinski definition) is 4. The topological polar surface area (TPSA) is 66.6 Å². The molecule has 3 aromatic rings. The van der Waals surface area contributed by atoms with E-state index in [0.29, 0.717) is 11.1 Å². The molecule has 24 heavy (non-hydrogen) atoms. The minimum atomic E-state index is -0.0465. The Labute approximate surface area is 156 Å². The monoisotopic (exact) mass is 381 g/mol. The summed E-state index contributed by atoms with van der Waals surface area (Å²) >= 11 is 7.39. The Morgan fingerprint density at radius 2 is 1.71 bits per heavy atom. The fourth-order valence-electron chi connectivity index (χ4n) is 2.16. The normalized spacial score (nSPS) is 11.8. The maximum Gasteiger partial charge on any atom is 0.277 e. The lowest BCUT2D eigenvalue weighted by Crippen LogP contribution is -3.00. The predicted octanol–water partition coefficient (Wildman–Crippen LogP) is 0.545. The molecule has 0 fully saturated rings. The molecule has 0 aliphatic carbocycles. The van der Waals surface area contributed by atoms with Crippen molar-refractivity contribution >= 4 is 23.4 Å². The Hall–Kier alpha value is -1.53. The zero-order chi connectivity index (χ0) is 16.1. The van der Waals surface area contributed by atoms with Crippen LogP contribution in [-0.2, 0) is 12.2 Å². The van der Waals surface area contributed by atoms with Crippen molar-refractivity contribution in [1.82, 2.24) is 10.2 Å². The van der Waals surface area contributed by atoms with Crippen molar-refractivity contribution in [3.05, 3.63) is 76.6 Å². The van der Waals surface area contributed by atoms with Gasteiger partial charge < -0.3 is 22.6 Å². The van der Waals surface area contributed by atoms with Crippen LogP contribution in [0.2, 0.25) is 5.02 Å². The molecule has 4 nitrogen and oxygen atoms in total. The van der Waals surface area contributed by atoms with Crippen LogP contribution in [0.3, 0.4) is 0 Å². The highest BCUT2D eigenvalue weighted by Crippen LogP contribution is 2.24. The molecule has 3 rings (SSSR count). The molecule has 1 atom stereocenters. The molecular formula is C17H17Cl2N3OS. The van der Waals surface area contributed by atoms with Gasteiger partial charge >= 0.3 is 0 Å². The Bertz CT molecular complexity index is 750. The van der Waals surface area contributed by atoms with Crippen molar-refractivity contribution in [1.29, 1.82) is 0 Å². The Morgan fingerprint density at radius 1 is 1.00 bits per heavy atom. The van der Waals surface area contributed by atoms with Gasteiger partial charge in [-0.15, -0.1) is 10.2 Å². The zero-order valence-electron chi connectivity index (χ0n) is 12.9. The van der Waals surface area contributed by atoms with Crippen molar-refractivity contribution in [3.63, 3.8) is 0 Å². The highest BCUT2D eigenvalue weighted by atomic mass is 35.5. The quantitative estimate of drug-likeness (QED) is 0.633. The highest BCUT2D eigenvalue weighted by molar-refractivity contribution is 7.98. The molecular weight excluding hydrogens is 365 g/mol. The van der Waals surface area contributed by atoms with Crippen LogP contribution >= 0.6 is 23.4 Å². The van der Waals surface area contributed by atoms with Gasteiger partial charge in [0.15, 0.2) is 6.04 Å². The first kappa shape index (κ1) is 18.8. The van der Waals surface area contributed by atoms with Gasteiger partial charge in [-0.05, 0) is 23.3 Å². The number of benzene rings is 2. The summed E-state index contributed by atoms with van der Waals surface area (Å²) in [5, 5.41) is 9.51. The van der Waals surface area contributed by atoms with Gasteiger partial charge in [0, 0.05) is 17.2 Å². The van der Waals surface area contributed by atoms with Gasteiger partial charge in [0.05, 0.1) is 0 Å². The van der Waals surface area contributed by atoms with E-state index in [1.165, 1.54) is 17.3 Å². The molecule has 126 valence electrons. The van der Waals surface area contributed by atoms with Crippen LogP contribution < -0.4 is 18.1 Å². The van der Waals surface area contributed by atoms with E-state index in [0.717, 1.165) is 22.8 Å². The van der Waals surface area contributed by atoms with Crippen molar-refractivity contribution in [2.45, 2.75) is 23.4 Å². The van der Waals surface area contributed by atoms with E-state index in [1.54, 1.807) is 0 Å². The third-order valence-electron chi connectivity index (χ3n) is 3.37. The van der Waals surface area contributed by atoms with Crippen LogP contribution in [0.4, 0.5) is 0 Å². The first-order valence-electron chi connectivity index (χ1n) is 7.28. The lowest BCUT2D eigenvalue weighted by Gasteiger charge is -2.03. The number of hydrogen-bond donors (Lipinski definition) is 1. The van der Waals surface area contributed by atoms with E-state index in [1.807, 2.05) is 42.5 Å². The zero-order valence-corrected chi connectivity index (χ0v) is 15.2. The summed E-state index contributed by atoms with van der Waals surface area (Å²) in [5.74, 6) is 1.34. The first-order chi connectivity index (χ1) is 11.2. The van der Waals surface area contributed by atoms with E-state index >= 15 is 0 Å². The molecule has 1 heterocycles. The second-order valence-electron chi connectivity index (χ2n) is 5.21. The summed E-state index contributed by atoms with van der Waals surface area (Å²) in [5.41, 5.74) is 6.50. The molecule has 0 bridgehead atoms. The van der Waals surface area contributed by atoms with Crippen molar-refractivity contribution in [2.75, 3.05) is 0 Å². The molecule has 1 aromatic heterocycles. The van der Waals surface area contributed by atoms with E-state index < -0.39 is 0 Å². The molecule has 3 N–H and O–H groups in total. The standard InChI is InChI=1S/C17H16ClN3OS.ClH/c18-14-8-6-13(7-9-14)11-23-17-21-20-16(22-17)15(19)10-12-4-2-1-3-5-12;/h1-9,15H,10-11,19H2;1H/t15-;/m0./s1. The third kappa shape index (κ3) is 5.24.